The number of nitrogens with one attached hydrogen (secondary N) is 2. The molecule has 0 aliphatic heterocycles. The lowest BCUT2D eigenvalue weighted by Gasteiger charge is -2.15. The standard InChI is InChI=1S/C20H18ClF3N4/c1-12(2)13-6-8-15(9-7-13)27-19-25-11-17(20(22,23)24)18(28-19)26-16-5-3-4-14(21)10-16/h3-12H,1-2H3,(H2,25,26,27,28). The minimum absolute atomic E-state index is 0.0508. The van der Waals surface area contributed by atoms with E-state index in [0.717, 1.165) is 11.8 Å². The number of anilines is 4. The fraction of sp³-hybridized carbons (Fsp3) is 0.200. The molecule has 0 aliphatic rings. The second-order valence-corrected chi connectivity index (χ2v) is 6.93. The summed E-state index contributed by atoms with van der Waals surface area (Å²) in [6.07, 6.45) is -3.84. The number of aromatic nitrogens is 2. The highest BCUT2D eigenvalue weighted by atomic mass is 35.5. The van der Waals surface area contributed by atoms with Crippen molar-refractivity contribution in [2.24, 2.45) is 0 Å². The third-order valence-corrected chi connectivity index (χ3v) is 4.25. The van der Waals surface area contributed by atoms with Gasteiger partial charge in [0, 0.05) is 22.6 Å². The van der Waals surface area contributed by atoms with E-state index in [1.807, 2.05) is 24.3 Å². The van der Waals surface area contributed by atoms with Crippen LogP contribution in [0.2, 0.25) is 5.02 Å². The van der Waals surface area contributed by atoms with Crippen LogP contribution in [0.5, 0.6) is 0 Å². The fourth-order valence-electron chi connectivity index (χ4n) is 2.53. The van der Waals surface area contributed by atoms with Gasteiger partial charge in [0.2, 0.25) is 5.95 Å². The number of alkyl halides is 3. The van der Waals surface area contributed by atoms with Crippen LogP contribution >= 0.6 is 11.6 Å². The van der Waals surface area contributed by atoms with E-state index in [0.29, 0.717) is 22.3 Å². The summed E-state index contributed by atoms with van der Waals surface area (Å²) in [5.41, 5.74) is 1.26. The van der Waals surface area contributed by atoms with E-state index in [2.05, 4.69) is 34.4 Å². The van der Waals surface area contributed by atoms with Crippen molar-refractivity contribution in [3.8, 4) is 0 Å². The summed E-state index contributed by atoms with van der Waals surface area (Å²) in [7, 11) is 0. The minimum atomic E-state index is -4.60. The molecule has 0 fully saturated rings. The van der Waals surface area contributed by atoms with Crippen molar-refractivity contribution in [1.29, 1.82) is 0 Å². The average molecular weight is 407 g/mol. The van der Waals surface area contributed by atoms with Crippen LogP contribution in [0.25, 0.3) is 0 Å². The zero-order chi connectivity index (χ0) is 20.3. The predicted octanol–water partition coefficient (Wildman–Crippen LogP) is 6.76. The van der Waals surface area contributed by atoms with Gasteiger partial charge in [-0.3, -0.25) is 0 Å². The molecule has 2 N–H and O–H groups in total. The smallest absolute Gasteiger partial charge is 0.340 e. The van der Waals surface area contributed by atoms with Gasteiger partial charge in [-0.05, 0) is 41.8 Å². The molecule has 1 heterocycles. The van der Waals surface area contributed by atoms with Crippen molar-refractivity contribution < 1.29 is 13.2 Å². The molecule has 0 bridgehead atoms. The molecule has 2 aromatic carbocycles. The van der Waals surface area contributed by atoms with Gasteiger partial charge in [0.15, 0.2) is 0 Å². The predicted molar refractivity (Wildman–Crippen MR) is 106 cm³/mol. The van der Waals surface area contributed by atoms with Crippen LogP contribution in [0.4, 0.5) is 36.3 Å². The first-order chi connectivity index (χ1) is 13.2. The van der Waals surface area contributed by atoms with Gasteiger partial charge in [0.1, 0.15) is 11.4 Å². The summed E-state index contributed by atoms with van der Waals surface area (Å²) in [6.45, 7) is 4.16. The van der Waals surface area contributed by atoms with Gasteiger partial charge in [-0.2, -0.15) is 18.2 Å². The van der Waals surface area contributed by atoms with Gasteiger partial charge in [0.05, 0.1) is 0 Å². The molecule has 146 valence electrons. The van der Waals surface area contributed by atoms with Crippen LogP contribution in [0.1, 0.15) is 30.9 Å². The highest BCUT2D eigenvalue weighted by Gasteiger charge is 2.35. The van der Waals surface area contributed by atoms with E-state index in [4.69, 9.17) is 11.6 Å². The third-order valence-electron chi connectivity index (χ3n) is 4.02. The van der Waals surface area contributed by atoms with Gasteiger partial charge >= 0.3 is 6.18 Å². The first-order valence-electron chi connectivity index (χ1n) is 8.56. The van der Waals surface area contributed by atoms with Crippen molar-refractivity contribution in [1.82, 2.24) is 9.97 Å². The molecule has 1 aromatic heterocycles. The Hall–Kier alpha value is -2.80. The maximum Gasteiger partial charge on any atom is 0.421 e. The normalized spacial score (nSPS) is 11.5. The Bertz CT molecular complexity index is 956. The van der Waals surface area contributed by atoms with Crippen LogP contribution in [0, 0.1) is 0 Å². The van der Waals surface area contributed by atoms with E-state index < -0.39 is 11.7 Å². The Morgan fingerprint density at radius 3 is 2.29 bits per heavy atom. The number of hydrogen-bond acceptors (Lipinski definition) is 4. The Labute approximate surface area is 165 Å². The largest absolute Gasteiger partial charge is 0.421 e. The molecule has 0 aliphatic carbocycles. The molecule has 0 unspecified atom stereocenters. The molecule has 0 amide bonds. The fourth-order valence-corrected chi connectivity index (χ4v) is 2.72. The zero-order valence-electron chi connectivity index (χ0n) is 15.2. The molecule has 3 aromatic rings. The molecule has 0 saturated carbocycles. The summed E-state index contributed by atoms with van der Waals surface area (Å²) < 4.78 is 40.0. The van der Waals surface area contributed by atoms with Crippen LogP contribution in [0.15, 0.2) is 54.7 Å². The quantitative estimate of drug-likeness (QED) is 0.491. The number of nitrogens with zero attached hydrogens (tertiary/aromatic N) is 2. The summed E-state index contributed by atoms with van der Waals surface area (Å²) in [6, 6.07) is 13.9. The second-order valence-electron chi connectivity index (χ2n) is 6.49. The molecule has 8 heteroatoms. The maximum atomic E-state index is 13.3. The Kier molecular flexibility index (Phi) is 5.74. The lowest BCUT2D eigenvalue weighted by molar-refractivity contribution is -0.137. The molecular weight excluding hydrogens is 389 g/mol. The molecule has 0 radical (unpaired) electrons. The highest BCUT2D eigenvalue weighted by molar-refractivity contribution is 6.30. The Balaban J connectivity index is 1.90. The topological polar surface area (TPSA) is 49.8 Å². The van der Waals surface area contributed by atoms with Gasteiger partial charge < -0.3 is 10.6 Å². The monoisotopic (exact) mass is 406 g/mol. The molecular formula is C20H18ClF3N4. The van der Waals surface area contributed by atoms with Gasteiger partial charge in [-0.1, -0.05) is 43.6 Å². The number of benzene rings is 2. The lowest BCUT2D eigenvalue weighted by Crippen LogP contribution is -2.12. The summed E-state index contributed by atoms with van der Waals surface area (Å²) in [5.74, 6) is 0.0748. The zero-order valence-corrected chi connectivity index (χ0v) is 15.9. The van der Waals surface area contributed by atoms with Gasteiger partial charge in [0.25, 0.3) is 0 Å². The second kappa shape index (κ2) is 8.06. The molecule has 0 atom stereocenters. The van der Waals surface area contributed by atoms with Gasteiger partial charge in [-0.15, -0.1) is 0 Å². The summed E-state index contributed by atoms with van der Waals surface area (Å²) >= 11 is 5.91. The summed E-state index contributed by atoms with van der Waals surface area (Å²) in [5, 5.41) is 6.00. The Morgan fingerprint density at radius 1 is 0.964 bits per heavy atom. The first-order valence-corrected chi connectivity index (χ1v) is 8.94. The molecule has 0 spiro atoms. The average Bonchev–Trinajstić information content (AvgIpc) is 2.61. The van der Waals surface area contributed by atoms with Crippen molar-refractivity contribution in [2.75, 3.05) is 10.6 Å². The third kappa shape index (κ3) is 4.92. The van der Waals surface area contributed by atoms with Crippen molar-refractivity contribution in [3.05, 3.63) is 70.9 Å². The first kappa shape index (κ1) is 19.9. The van der Waals surface area contributed by atoms with Crippen LogP contribution in [-0.4, -0.2) is 9.97 Å². The Morgan fingerprint density at radius 2 is 1.68 bits per heavy atom. The molecule has 4 nitrogen and oxygen atoms in total. The SMILES string of the molecule is CC(C)c1ccc(Nc2ncc(C(F)(F)F)c(Nc3cccc(Cl)c3)n2)cc1. The van der Waals surface area contributed by atoms with Crippen LogP contribution in [0.3, 0.4) is 0 Å². The van der Waals surface area contributed by atoms with E-state index in [1.54, 1.807) is 18.2 Å². The van der Waals surface area contributed by atoms with Crippen molar-refractivity contribution >= 4 is 34.7 Å². The molecule has 28 heavy (non-hydrogen) atoms. The van der Waals surface area contributed by atoms with Crippen molar-refractivity contribution in [3.63, 3.8) is 0 Å². The van der Waals surface area contributed by atoms with Gasteiger partial charge in [-0.25, -0.2) is 4.98 Å². The molecule has 0 saturated heterocycles. The van der Waals surface area contributed by atoms with Crippen LogP contribution < -0.4 is 10.6 Å². The van der Waals surface area contributed by atoms with E-state index in [-0.39, 0.29) is 11.8 Å². The molecule has 3 rings (SSSR count). The summed E-state index contributed by atoms with van der Waals surface area (Å²) in [4.78, 5) is 7.83. The van der Waals surface area contributed by atoms with E-state index in [9.17, 15) is 13.2 Å². The van der Waals surface area contributed by atoms with Crippen molar-refractivity contribution in [2.45, 2.75) is 25.9 Å². The number of hydrogen-bond donors (Lipinski definition) is 2. The lowest BCUT2D eigenvalue weighted by atomic mass is 10.0. The van der Waals surface area contributed by atoms with E-state index in [1.165, 1.54) is 6.07 Å². The maximum absolute atomic E-state index is 13.3. The van der Waals surface area contributed by atoms with Crippen LogP contribution in [-0.2, 0) is 6.18 Å². The van der Waals surface area contributed by atoms with E-state index >= 15 is 0 Å². The minimum Gasteiger partial charge on any atom is -0.340 e. The highest BCUT2D eigenvalue weighted by Crippen LogP contribution is 2.35. The number of halogens is 4. The number of rotatable bonds is 5.